The Morgan fingerprint density at radius 1 is 1.20 bits per heavy atom. The molecule has 3 rings (SSSR count). The minimum atomic E-state index is 0.318. The van der Waals surface area contributed by atoms with Gasteiger partial charge in [-0.3, -0.25) is 4.90 Å². The Balaban J connectivity index is 1.72. The van der Waals surface area contributed by atoms with Crippen molar-refractivity contribution in [3.05, 3.63) is 64.1 Å². The number of nitrogens with one attached hydrogen (secondary N) is 1. The van der Waals surface area contributed by atoms with Crippen molar-refractivity contribution in [2.75, 3.05) is 26.7 Å². The van der Waals surface area contributed by atoms with Crippen molar-refractivity contribution in [2.24, 2.45) is 0 Å². The molecule has 0 amide bonds. The van der Waals surface area contributed by atoms with E-state index in [4.69, 9.17) is 17.0 Å². The van der Waals surface area contributed by atoms with E-state index in [1.807, 2.05) is 36.4 Å². The van der Waals surface area contributed by atoms with Crippen LogP contribution in [0, 0.1) is 0 Å². The molecule has 25 heavy (non-hydrogen) atoms. The maximum absolute atomic E-state index is 5.59. The number of rotatable bonds is 6. The van der Waals surface area contributed by atoms with Gasteiger partial charge in [0.05, 0.1) is 13.2 Å². The van der Waals surface area contributed by atoms with Crippen LogP contribution in [-0.2, 0) is 0 Å². The molecular weight excluding hydrogens is 396 g/mol. The number of ether oxygens (including phenoxy) is 1. The first-order valence-electron chi connectivity index (χ1n) is 8.59. The molecule has 0 aromatic heterocycles. The van der Waals surface area contributed by atoms with E-state index in [1.54, 1.807) is 7.11 Å². The fourth-order valence-electron chi connectivity index (χ4n) is 3.26. The van der Waals surface area contributed by atoms with E-state index in [1.165, 1.54) is 18.4 Å². The number of halogens is 1. The predicted octanol–water partition coefficient (Wildman–Crippen LogP) is 4.56. The van der Waals surface area contributed by atoms with Crippen molar-refractivity contribution in [3.8, 4) is 5.75 Å². The van der Waals surface area contributed by atoms with Crippen LogP contribution in [0.15, 0.2) is 53.0 Å². The summed E-state index contributed by atoms with van der Waals surface area (Å²) in [4.78, 5) is 3.33. The van der Waals surface area contributed by atoms with Crippen molar-refractivity contribution in [3.63, 3.8) is 0 Å². The second-order valence-electron chi connectivity index (χ2n) is 6.25. The summed E-state index contributed by atoms with van der Waals surface area (Å²) in [5.41, 5.74) is 2.34. The van der Waals surface area contributed by atoms with Gasteiger partial charge in [-0.2, -0.15) is 0 Å². The third-order valence-electron chi connectivity index (χ3n) is 4.62. The smallest absolute Gasteiger partial charge is 0.118 e. The Bertz CT molecular complexity index is 714. The van der Waals surface area contributed by atoms with E-state index in [-0.39, 0.29) is 0 Å². The zero-order valence-electron chi connectivity index (χ0n) is 14.4. The molecule has 1 aliphatic heterocycles. The molecular formula is C20H23BrN2OS. The van der Waals surface area contributed by atoms with Gasteiger partial charge in [0.25, 0.3) is 0 Å². The van der Waals surface area contributed by atoms with Gasteiger partial charge in [0.15, 0.2) is 0 Å². The third-order valence-corrected chi connectivity index (χ3v) is 5.50. The molecule has 0 aliphatic carbocycles. The molecule has 0 radical (unpaired) electrons. The number of thiocarbonyl (C=S) groups is 1. The van der Waals surface area contributed by atoms with E-state index < -0.39 is 0 Å². The quantitative estimate of drug-likeness (QED) is 0.694. The summed E-state index contributed by atoms with van der Waals surface area (Å²) in [6.45, 7) is 3.09. The van der Waals surface area contributed by atoms with Crippen LogP contribution in [0.1, 0.15) is 30.0 Å². The minimum absolute atomic E-state index is 0.318. The maximum Gasteiger partial charge on any atom is 0.118 e. The minimum Gasteiger partial charge on any atom is -0.497 e. The lowest BCUT2D eigenvalue weighted by molar-refractivity contribution is 0.246. The van der Waals surface area contributed by atoms with Crippen molar-refractivity contribution in [1.82, 2.24) is 10.2 Å². The van der Waals surface area contributed by atoms with E-state index in [0.29, 0.717) is 6.04 Å². The summed E-state index contributed by atoms with van der Waals surface area (Å²) < 4.78 is 6.33. The van der Waals surface area contributed by atoms with Crippen LogP contribution in [0.2, 0.25) is 0 Å². The Morgan fingerprint density at radius 2 is 1.92 bits per heavy atom. The van der Waals surface area contributed by atoms with Crippen molar-refractivity contribution < 1.29 is 4.74 Å². The number of likely N-dealkylation sites (tertiary alicyclic amines) is 1. The number of hydrogen-bond acceptors (Lipinski definition) is 3. The zero-order chi connectivity index (χ0) is 17.6. The van der Waals surface area contributed by atoms with Crippen LogP contribution in [0.25, 0.3) is 0 Å². The molecule has 2 aromatic rings. The highest BCUT2D eigenvalue weighted by Gasteiger charge is 2.23. The predicted molar refractivity (Wildman–Crippen MR) is 110 cm³/mol. The Morgan fingerprint density at radius 3 is 2.56 bits per heavy atom. The second kappa shape index (κ2) is 8.79. The highest BCUT2D eigenvalue weighted by molar-refractivity contribution is 9.10. The molecule has 1 atom stereocenters. The summed E-state index contributed by atoms with van der Waals surface area (Å²) in [5, 5.41) is 3.47. The highest BCUT2D eigenvalue weighted by atomic mass is 79.9. The normalized spacial score (nSPS) is 15.8. The Hall–Kier alpha value is -1.43. The molecule has 1 unspecified atom stereocenters. The highest BCUT2D eigenvalue weighted by Crippen LogP contribution is 2.26. The number of nitrogens with zero attached hydrogens (tertiary/aromatic N) is 1. The van der Waals surface area contributed by atoms with E-state index >= 15 is 0 Å². The van der Waals surface area contributed by atoms with Crippen LogP contribution < -0.4 is 10.1 Å². The zero-order valence-corrected chi connectivity index (χ0v) is 16.8. The number of methoxy groups -OCH3 is 1. The first-order chi connectivity index (χ1) is 12.2. The van der Waals surface area contributed by atoms with Crippen molar-refractivity contribution in [2.45, 2.75) is 18.9 Å². The third kappa shape index (κ3) is 4.81. The lowest BCUT2D eigenvalue weighted by atomic mass is 10.0. The molecule has 0 bridgehead atoms. The molecule has 0 saturated carbocycles. The monoisotopic (exact) mass is 418 g/mol. The number of benzene rings is 2. The molecule has 1 saturated heterocycles. The summed E-state index contributed by atoms with van der Waals surface area (Å²) in [5.74, 6) is 0.890. The molecule has 132 valence electrons. The van der Waals surface area contributed by atoms with E-state index in [2.05, 4.69) is 38.3 Å². The van der Waals surface area contributed by atoms with Crippen LogP contribution >= 0.6 is 28.1 Å². The van der Waals surface area contributed by atoms with E-state index in [0.717, 1.165) is 40.4 Å². The van der Waals surface area contributed by atoms with Gasteiger partial charge in [-0.05, 0) is 55.8 Å². The summed E-state index contributed by atoms with van der Waals surface area (Å²) >= 11 is 9.10. The molecule has 2 aromatic carbocycles. The fourth-order valence-corrected chi connectivity index (χ4v) is 3.87. The van der Waals surface area contributed by atoms with Crippen LogP contribution in [0.5, 0.6) is 5.75 Å². The molecule has 5 heteroatoms. The van der Waals surface area contributed by atoms with Gasteiger partial charge < -0.3 is 10.1 Å². The summed E-state index contributed by atoms with van der Waals surface area (Å²) in [7, 11) is 1.70. The molecule has 1 fully saturated rings. The first kappa shape index (κ1) is 18.4. The van der Waals surface area contributed by atoms with Crippen LogP contribution in [0.4, 0.5) is 0 Å². The SMILES string of the molecule is COc1ccc(C(CNC(=S)c2cccc(Br)c2)N2CCCC2)cc1. The Labute approximate surface area is 163 Å². The average molecular weight is 419 g/mol. The molecule has 1 heterocycles. The Kier molecular flexibility index (Phi) is 6.45. The van der Waals surface area contributed by atoms with E-state index in [9.17, 15) is 0 Å². The maximum atomic E-state index is 5.59. The van der Waals surface area contributed by atoms with Gasteiger partial charge in [-0.25, -0.2) is 0 Å². The van der Waals surface area contributed by atoms with Gasteiger partial charge in [0.2, 0.25) is 0 Å². The van der Waals surface area contributed by atoms with Gasteiger partial charge in [0, 0.05) is 16.6 Å². The van der Waals surface area contributed by atoms with Crippen molar-refractivity contribution >= 4 is 33.1 Å². The molecule has 3 nitrogen and oxygen atoms in total. The second-order valence-corrected chi connectivity index (χ2v) is 7.58. The number of hydrogen-bond donors (Lipinski definition) is 1. The largest absolute Gasteiger partial charge is 0.497 e. The van der Waals surface area contributed by atoms with Gasteiger partial charge >= 0.3 is 0 Å². The van der Waals surface area contributed by atoms with Gasteiger partial charge in [-0.15, -0.1) is 0 Å². The molecule has 1 N–H and O–H groups in total. The van der Waals surface area contributed by atoms with Gasteiger partial charge in [-0.1, -0.05) is 52.4 Å². The standard InChI is InChI=1S/C20H23BrN2OS/c1-24-18-9-7-15(8-10-18)19(23-11-2-3-12-23)14-22-20(25)16-5-4-6-17(21)13-16/h4-10,13,19H,2-3,11-12,14H2,1H3,(H,22,25). The lowest BCUT2D eigenvalue weighted by Crippen LogP contribution is -2.36. The lowest BCUT2D eigenvalue weighted by Gasteiger charge is -2.29. The fraction of sp³-hybridized carbons (Fsp3) is 0.350. The summed E-state index contributed by atoms with van der Waals surface area (Å²) in [6, 6.07) is 16.8. The van der Waals surface area contributed by atoms with Crippen molar-refractivity contribution in [1.29, 1.82) is 0 Å². The summed E-state index contributed by atoms with van der Waals surface area (Å²) in [6.07, 6.45) is 2.53. The molecule has 1 aliphatic rings. The average Bonchev–Trinajstić information content (AvgIpc) is 3.16. The van der Waals surface area contributed by atoms with Crippen LogP contribution in [-0.4, -0.2) is 36.6 Å². The van der Waals surface area contributed by atoms with Crippen LogP contribution in [0.3, 0.4) is 0 Å². The molecule has 0 spiro atoms. The van der Waals surface area contributed by atoms with Gasteiger partial charge in [0.1, 0.15) is 10.7 Å². The first-order valence-corrected chi connectivity index (χ1v) is 9.79. The topological polar surface area (TPSA) is 24.5 Å².